The highest BCUT2D eigenvalue weighted by Crippen LogP contribution is 2.06. The van der Waals surface area contributed by atoms with Crippen molar-refractivity contribution in [1.82, 2.24) is 0 Å². The molecule has 0 aliphatic carbocycles. The molecule has 0 amide bonds. The van der Waals surface area contributed by atoms with Gasteiger partial charge in [-0.15, -0.1) is 6.58 Å². The Morgan fingerprint density at radius 1 is 1.35 bits per heavy atom. The van der Waals surface area contributed by atoms with Gasteiger partial charge in [-0.25, -0.2) is 0 Å². The molecular formula is C14H24O3. The fourth-order valence-corrected chi connectivity index (χ4v) is 1.05. The van der Waals surface area contributed by atoms with Gasteiger partial charge in [-0.2, -0.15) is 0 Å². The van der Waals surface area contributed by atoms with Crippen molar-refractivity contribution in [2.75, 3.05) is 6.61 Å². The van der Waals surface area contributed by atoms with Crippen molar-refractivity contribution in [2.45, 2.75) is 39.5 Å². The van der Waals surface area contributed by atoms with E-state index in [4.69, 9.17) is 15.0 Å². The van der Waals surface area contributed by atoms with E-state index in [2.05, 4.69) is 18.7 Å². The van der Waals surface area contributed by atoms with Crippen molar-refractivity contribution in [3.63, 3.8) is 0 Å². The van der Waals surface area contributed by atoms with Crippen LogP contribution >= 0.6 is 0 Å². The van der Waals surface area contributed by atoms with Crippen LogP contribution in [0.15, 0.2) is 36.5 Å². The van der Waals surface area contributed by atoms with Crippen molar-refractivity contribution < 1.29 is 15.0 Å². The average molecular weight is 240 g/mol. The molecule has 0 aromatic carbocycles. The third-order valence-electron chi connectivity index (χ3n) is 1.86. The molecule has 3 heteroatoms. The van der Waals surface area contributed by atoms with E-state index in [0.29, 0.717) is 0 Å². The zero-order chi connectivity index (χ0) is 13.5. The van der Waals surface area contributed by atoms with Crippen molar-refractivity contribution >= 4 is 5.97 Å². The van der Waals surface area contributed by atoms with Gasteiger partial charge in [-0.05, 0) is 38.2 Å². The molecule has 3 nitrogen and oxygen atoms in total. The monoisotopic (exact) mass is 240 g/mol. The Hall–Kier alpha value is -1.35. The quantitative estimate of drug-likeness (QED) is 0.530. The SMILES string of the molecule is C=CCCCC=C(CO)CC=CC.CC(=O)O. The molecule has 98 valence electrons. The molecule has 0 spiro atoms. The highest BCUT2D eigenvalue weighted by atomic mass is 16.4. The van der Waals surface area contributed by atoms with E-state index in [-0.39, 0.29) is 6.61 Å². The average Bonchev–Trinajstić information content (AvgIpc) is 2.27. The third kappa shape index (κ3) is 20.7. The molecule has 0 aliphatic heterocycles. The third-order valence-corrected chi connectivity index (χ3v) is 1.86. The first-order valence-electron chi connectivity index (χ1n) is 5.78. The minimum absolute atomic E-state index is 0.179. The van der Waals surface area contributed by atoms with Crippen molar-refractivity contribution in [3.8, 4) is 0 Å². The second-order valence-electron chi connectivity index (χ2n) is 3.53. The highest BCUT2D eigenvalue weighted by Gasteiger charge is 1.91. The molecule has 0 heterocycles. The Balaban J connectivity index is 0. The molecule has 0 radical (unpaired) electrons. The summed E-state index contributed by atoms with van der Waals surface area (Å²) < 4.78 is 0. The topological polar surface area (TPSA) is 57.5 Å². The van der Waals surface area contributed by atoms with Crippen molar-refractivity contribution in [1.29, 1.82) is 0 Å². The first-order chi connectivity index (χ1) is 8.08. The van der Waals surface area contributed by atoms with Gasteiger partial charge in [0.05, 0.1) is 6.61 Å². The van der Waals surface area contributed by atoms with E-state index >= 15 is 0 Å². The molecule has 0 aliphatic rings. The Bertz CT molecular complexity index is 248. The van der Waals surface area contributed by atoms with E-state index in [0.717, 1.165) is 38.2 Å². The summed E-state index contributed by atoms with van der Waals surface area (Å²) in [5.41, 5.74) is 1.11. The lowest BCUT2D eigenvalue weighted by Crippen LogP contribution is -1.88. The summed E-state index contributed by atoms with van der Waals surface area (Å²) in [6, 6.07) is 0. The van der Waals surface area contributed by atoms with E-state index in [9.17, 15) is 0 Å². The molecule has 0 bridgehead atoms. The molecule has 2 N–H and O–H groups in total. The van der Waals surface area contributed by atoms with Crippen LogP contribution in [0.25, 0.3) is 0 Å². The molecular weight excluding hydrogens is 216 g/mol. The lowest BCUT2D eigenvalue weighted by atomic mass is 10.1. The van der Waals surface area contributed by atoms with Crippen LogP contribution in [-0.2, 0) is 4.79 Å². The minimum atomic E-state index is -0.833. The lowest BCUT2D eigenvalue weighted by Gasteiger charge is -1.99. The number of unbranched alkanes of at least 4 members (excludes halogenated alkanes) is 2. The maximum Gasteiger partial charge on any atom is 0.300 e. The molecule has 17 heavy (non-hydrogen) atoms. The van der Waals surface area contributed by atoms with E-state index in [1.54, 1.807) is 0 Å². The summed E-state index contributed by atoms with van der Waals surface area (Å²) >= 11 is 0. The van der Waals surface area contributed by atoms with Gasteiger partial charge in [-0.3, -0.25) is 4.79 Å². The standard InChI is InChI=1S/C12H20O.C2H4O2/c1-3-5-7-8-10-12(11-13)9-6-4-2;1-2(3)4/h3-4,6,10,13H,1,5,7-9,11H2,2H3;1H3,(H,3,4). The molecule has 0 rings (SSSR count). The normalized spacial score (nSPS) is 10.9. The maximum absolute atomic E-state index is 9.00. The predicted molar refractivity (Wildman–Crippen MR) is 72.0 cm³/mol. The van der Waals surface area contributed by atoms with Gasteiger partial charge >= 0.3 is 0 Å². The van der Waals surface area contributed by atoms with Crippen LogP contribution in [0.2, 0.25) is 0 Å². The number of carboxylic acid groups (broad SMARTS) is 1. The second-order valence-corrected chi connectivity index (χ2v) is 3.53. The summed E-state index contributed by atoms with van der Waals surface area (Å²) in [7, 11) is 0. The summed E-state index contributed by atoms with van der Waals surface area (Å²) in [5.74, 6) is -0.833. The number of aliphatic carboxylic acids is 1. The summed E-state index contributed by atoms with van der Waals surface area (Å²) in [6.45, 7) is 6.92. The van der Waals surface area contributed by atoms with Crippen molar-refractivity contribution in [2.24, 2.45) is 0 Å². The van der Waals surface area contributed by atoms with Gasteiger partial charge in [0.15, 0.2) is 0 Å². The smallest absolute Gasteiger partial charge is 0.300 e. The van der Waals surface area contributed by atoms with Gasteiger partial charge in [-0.1, -0.05) is 24.3 Å². The van der Waals surface area contributed by atoms with Crippen LogP contribution in [0.3, 0.4) is 0 Å². The fourth-order valence-electron chi connectivity index (χ4n) is 1.05. The van der Waals surface area contributed by atoms with Gasteiger partial charge < -0.3 is 10.2 Å². The van der Waals surface area contributed by atoms with Crippen LogP contribution in [0.5, 0.6) is 0 Å². The number of carboxylic acids is 1. The molecule has 0 atom stereocenters. The van der Waals surface area contributed by atoms with E-state index < -0.39 is 5.97 Å². The van der Waals surface area contributed by atoms with Gasteiger partial charge in [0, 0.05) is 6.92 Å². The number of hydrogen-bond donors (Lipinski definition) is 2. The molecule has 0 aromatic rings. The summed E-state index contributed by atoms with van der Waals surface area (Å²) in [4.78, 5) is 9.00. The molecule has 0 fully saturated rings. The first-order valence-corrected chi connectivity index (χ1v) is 5.78. The Labute approximate surface area is 104 Å². The Morgan fingerprint density at radius 2 is 1.94 bits per heavy atom. The van der Waals surface area contributed by atoms with Crippen LogP contribution in [0.1, 0.15) is 39.5 Å². The number of aliphatic hydroxyl groups excluding tert-OH is 1. The van der Waals surface area contributed by atoms with E-state index in [1.807, 2.05) is 19.1 Å². The van der Waals surface area contributed by atoms with E-state index in [1.165, 1.54) is 0 Å². The number of aliphatic hydroxyl groups is 1. The molecule has 0 saturated heterocycles. The Morgan fingerprint density at radius 3 is 2.35 bits per heavy atom. The number of rotatable bonds is 7. The summed E-state index contributed by atoms with van der Waals surface area (Å²) in [6.07, 6.45) is 12.2. The van der Waals surface area contributed by atoms with Gasteiger partial charge in [0.2, 0.25) is 0 Å². The maximum atomic E-state index is 9.00. The molecule has 0 unspecified atom stereocenters. The van der Waals surface area contributed by atoms with Crippen LogP contribution in [-0.4, -0.2) is 22.8 Å². The van der Waals surface area contributed by atoms with Gasteiger partial charge in [0.25, 0.3) is 5.97 Å². The minimum Gasteiger partial charge on any atom is -0.481 e. The Kier molecular flexibility index (Phi) is 15.5. The fraction of sp³-hybridized carbons (Fsp3) is 0.500. The molecule has 0 saturated carbocycles. The van der Waals surface area contributed by atoms with Crippen LogP contribution < -0.4 is 0 Å². The number of allylic oxidation sites excluding steroid dienone is 4. The number of carbonyl (C=O) groups is 1. The van der Waals surface area contributed by atoms with Crippen LogP contribution in [0, 0.1) is 0 Å². The molecule has 0 aromatic heterocycles. The lowest BCUT2D eigenvalue weighted by molar-refractivity contribution is -0.134. The van der Waals surface area contributed by atoms with Crippen LogP contribution in [0.4, 0.5) is 0 Å². The largest absolute Gasteiger partial charge is 0.481 e. The highest BCUT2D eigenvalue weighted by molar-refractivity contribution is 5.62. The zero-order valence-electron chi connectivity index (χ0n) is 10.9. The second kappa shape index (κ2) is 14.6. The summed E-state index contributed by atoms with van der Waals surface area (Å²) in [5, 5.41) is 16.4. The number of hydrogen-bond acceptors (Lipinski definition) is 2. The van der Waals surface area contributed by atoms with Crippen molar-refractivity contribution in [3.05, 3.63) is 36.5 Å². The first kappa shape index (κ1) is 18.0. The predicted octanol–water partition coefficient (Wildman–Crippen LogP) is 3.32. The zero-order valence-corrected chi connectivity index (χ0v) is 10.9. The van der Waals surface area contributed by atoms with Gasteiger partial charge in [0.1, 0.15) is 0 Å².